The Balaban J connectivity index is 1.94. The van der Waals surface area contributed by atoms with Crippen molar-refractivity contribution >= 4 is 11.9 Å². The number of rotatable bonds is 4. The van der Waals surface area contributed by atoms with Crippen molar-refractivity contribution in [2.75, 3.05) is 26.2 Å². The van der Waals surface area contributed by atoms with Gasteiger partial charge >= 0.3 is 5.97 Å². The molecule has 2 rings (SSSR count). The van der Waals surface area contributed by atoms with Crippen LogP contribution < -0.4 is 0 Å². The Labute approximate surface area is 120 Å². The topological polar surface area (TPSA) is 60.9 Å². The largest absolute Gasteiger partial charge is 0.481 e. The summed E-state index contributed by atoms with van der Waals surface area (Å²) in [5, 5.41) is 9.05. The predicted octanol–water partition coefficient (Wildman–Crippen LogP) is 1.43. The Kier molecular flexibility index (Phi) is 5.02. The molecule has 5 nitrogen and oxygen atoms in total. The number of amides is 1. The SMILES string of the molecule is CC(C(=O)O)C(C)C(=O)N1CCCC(N2CCCC2)C1. The molecular formula is C15H26N2O3. The van der Waals surface area contributed by atoms with Crippen LogP contribution >= 0.6 is 0 Å². The third-order valence-corrected chi connectivity index (χ3v) is 4.89. The molecular weight excluding hydrogens is 256 g/mol. The minimum absolute atomic E-state index is 0.00352. The smallest absolute Gasteiger partial charge is 0.307 e. The van der Waals surface area contributed by atoms with Crippen molar-refractivity contribution in [2.24, 2.45) is 11.8 Å². The Hall–Kier alpha value is -1.10. The second kappa shape index (κ2) is 6.57. The average Bonchev–Trinajstić information content (AvgIpc) is 2.99. The Bertz CT molecular complexity index is 366. The van der Waals surface area contributed by atoms with Gasteiger partial charge in [0.2, 0.25) is 5.91 Å². The number of carbonyl (C=O) groups is 2. The molecule has 5 heteroatoms. The predicted molar refractivity (Wildman–Crippen MR) is 76.4 cm³/mol. The number of piperidine rings is 1. The van der Waals surface area contributed by atoms with Crippen LogP contribution in [0.4, 0.5) is 0 Å². The third-order valence-electron chi connectivity index (χ3n) is 4.89. The lowest BCUT2D eigenvalue weighted by molar-refractivity contribution is -0.149. The number of carbonyl (C=O) groups excluding carboxylic acids is 1. The number of nitrogens with zero attached hydrogens (tertiary/aromatic N) is 2. The summed E-state index contributed by atoms with van der Waals surface area (Å²) in [6.45, 7) is 7.20. The number of aliphatic carboxylic acids is 1. The van der Waals surface area contributed by atoms with Crippen molar-refractivity contribution in [1.82, 2.24) is 9.80 Å². The molecule has 0 aromatic carbocycles. The van der Waals surface area contributed by atoms with Gasteiger partial charge in [0.25, 0.3) is 0 Å². The highest BCUT2D eigenvalue weighted by atomic mass is 16.4. The van der Waals surface area contributed by atoms with E-state index in [4.69, 9.17) is 5.11 Å². The summed E-state index contributed by atoms with van der Waals surface area (Å²) in [4.78, 5) is 27.8. The summed E-state index contributed by atoms with van der Waals surface area (Å²) in [6.07, 6.45) is 4.71. The van der Waals surface area contributed by atoms with Gasteiger partial charge in [-0.2, -0.15) is 0 Å². The monoisotopic (exact) mass is 282 g/mol. The number of likely N-dealkylation sites (tertiary alicyclic amines) is 2. The third kappa shape index (κ3) is 3.32. The van der Waals surface area contributed by atoms with E-state index in [9.17, 15) is 9.59 Å². The van der Waals surface area contributed by atoms with E-state index in [0.717, 1.165) is 39.0 Å². The lowest BCUT2D eigenvalue weighted by atomic mass is 9.93. The fraction of sp³-hybridized carbons (Fsp3) is 0.867. The number of hydrogen-bond acceptors (Lipinski definition) is 3. The number of carboxylic acids is 1. The zero-order valence-electron chi connectivity index (χ0n) is 12.5. The van der Waals surface area contributed by atoms with Crippen molar-refractivity contribution in [3.63, 3.8) is 0 Å². The van der Waals surface area contributed by atoms with Gasteiger partial charge in [0.15, 0.2) is 0 Å². The average molecular weight is 282 g/mol. The van der Waals surface area contributed by atoms with Crippen LogP contribution in [0.15, 0.2) is 0 Å². The van der Waals surface area contributed by atoms with Gasteiger partial charge in [0.05, 0.1) is 5.92 Å². The summed E-state index contributed by atoms with van der Waals surface area (Å²) < 4.78 is 0. The Morgan fingerprint density at radius 3 is 2.30 bits per heavy atom. The number of carboxylic acid groups (broad SMARTS) is 1. The Morgan fingerprint density at radius 1 is 1.05 bits per heavy atom. The molecule has 3 unspecified atom stereocenters. The van der Waals surface area contributed by atoms with E-state index in [1.807, 2.05) is 4.90 Å². The van der Waals surface area contributed by atoms with Crippen molar-refractivity contribution < 1.29 is 14.7 Å². The van der Waals surface area contributed by atoms with Crippen LogP contribution in [0.1, 0.15) is 39.5 Å². The molecule has 0 saturated carbocycles. The molecule has 0 aliphatic carbocycles. The van der Waals surface area contributed by atoms with E-state index in [0.29, 0.717) is 6.04 Å². The molecule has 2 aliphatic heterocycles. The summed E-state index contributed by atoms with van der Waals surface area (Å²) in [7, 11) is 0. The molecule has 0 aromatic heterocycles. The van der Waals surface area contributed by atoms with E-state index in [2.05, 4.69) is 4.90 Å². The first-order valence-electron chi connectivity index (χ1n) is 7.76. The normalized spacial score (nSPS) is 27.3. The fourth-order valence-electron chi connectivity index (χ4n) is 3.28. The zero-order chi connectivity index (χ0) is 14.7. The maximum absolute atomic E-state index is 12.4. The molecule has 0 radical (unpaired) electrons. The van der Waals surface area contributed by atoms with E-state index >= 15 is 0 Å². The standard InChI is InChI=1S/C15H26N2O3/c1-11(12(2)15(19)20)14(18)17-9-5-6-13(10-17)16-7-3-4-8-16/h11-13H,3-10H2,1-2H3,(H,19,20). The highest BCUT2D eigenvalue weighted by Crippen LogP contribution is 2.23. The van der Waals surface area contributed by atoms with E-state index in [1.165, 1.54) is 12.8 Å². The van der Waals surface area contributed by atoms with Crippen LogP contribution in [0.3, 0.4) is 0 Å². The van der Waals surface area contributed by atoms with Gasteiger partial charge in [0.1, 0.15) is 0 Å². The van der Waals surface area contributed by atoms with Gasteiger partial charge in [-0.3, -0.25) is 14.5 Å². The molecule has 0 spiro atoms. The van der Waals surface area contributed by atoms with Crippen molar-refractivity contribution in [1.29, 1.82) is 0 Å². The van der Waals surface area contributed by atoms with Gasteiger partial charge in [-0.1, -0.05) is 13.8 Å². The number of hydrogen-bond donors (Lipinski definition) is 1. The molecule has 20 heavy (non-hydrogen) atoms. The minimum atomic E-state index is -0.890. The van der Waals surface area contributed by atoms with Crippen LogP contribution in [0.25, 0.3) is 0 Å². The molecule has 2 aliphatic rings. The first-order valence-corrected chi connectivity index (χ1v) is 7.76. The summed E-state index contributed by atoms with van der Waals surface area (Å²) >= 11 is 0. The molecule has 2 heterocycles. The molecule has 114 valence electrons. The van der Waals surface area contributed by atoms with Crippen molar-refractivity contribution in [3.8, 4) is 0 Å². The summed E-state index contributed by atoms with van der Waals surface area (Å²) in [5.41, 5.74) is 0. The van der Waals surface area contributed by atoms with Gasteiger partial charge in [-0.05, 0) is 38.8 Å². The first kappa shape index (κ1) is 15.3. The quantitative estimate of drug-likeness (QED) is 0.847. The molecule has 1 N–H and O–H groups in total. The van der Waals surface area contributed by atoms with Crippen LogP contribution in [0.2, 0.25) is 0 Å². The minimum Gasteiger partial charge on any atom is -0.481 e. The second-order valence-corrected chi connectivity index (χ2v) is 6.24. The molecule has 3 atom stereocenters. The second-order valence-electron chi connectivity index (χ2n) is 6.24. The van der Waals surface area contributed by atoms with Crippen LogP contribution in [-0.4, -0.2) is 59.0 Å². The lowest BCUT2D eigenvalue weighted by Gasteiger charge is -2.39. The summed E-state index contributed by atoms with van der Waals surface area (Å²) in [6, 6.07) is 0.475. The van der Waals surface area contributed by atoms with E-state index in [1.54, 1.807) is 13.8 Å². The summed E-state index contributed by atoms with van der Waals surface area (Å²) in [5.74, 6) is -1.94. The van der Waals surface area contributed by atoms with Crippen molar-refractivity contribution in [3.05, 3.63) is 0 Å². The first-order chi connectivity index (χ1) is 9.50. The van der Waals surface area contributed by atoms with E-state index < -0.39 is 17.8 Å². The van der Waals surface area contributed by atoms with Gasteiger partial charge < -0.3 is 10.0 Å². The van der Waals surface area contributed by atoms with Crippen molar-refractivity contribution in [2.45, 2.75) is 45.6 Å². The lowest BCUT2D eigenvalue weighted by Crippen LogP contribution is -2.51. The van der Waals surface area contributed by atoms with Gasteiger partial charge in [-0.25, -0.2) is 0 Å². The molecule has 2 fully saturated rings. The maximum atomic E-state index is 12.4. The van der Waals surface area contributed by atoms with Crippen LogP contribution in [0.5, 0.6) is 0 Å². The highest BCUT2D eigenvalue weighted by molar-refractivity contribution is 5.84. The Morgan fingerprint density at radius 2 is 1.70 bits per heavy atom. The van der Waals surface area contributed by atoms with Crippen LogP contribution in [0, 0.1) is 11.8 Å². The molecule has 2 saturated heterocycles. The van der Waals surface area contributed by atoms with Gasteiger partial charge in [-0.15, -0.1) is 0 Å². The highest BCUT2D eigenvalue weighted by Gasteiger charge is 2.34. The van der Waals surface area contributed by atoms with Gasteiger partial charge in [0, 0.05) is 25.0 Å². The zero-order valence-corrected chi connectivity index (χ0v) is 12.5. The molecule has 1 amide bonds. The van der Waals surface area contributed by atoms with E-state index in [-0.39, 0.29) is 5.91 Å². The molecule has 0 aromatic rings. The van der Waals surface area contributed by atoms with Crippen LogP contribution in [-0.2, 0) is 9.59 Å². The maximum Gasteiger partial charge on any atom is 0.307 e. The fourth-order valence-corrected chi connectivity index (χ4v) is 3.28. The molecule has 0 bridgehead atoms.